The zero-order valence-electron chi connectivity index (χ0n) is 19.3. The second-order valence-electron chi connectivity index (χ2n) is 8.18. The Kier molecular flexibility index (Phi) is 7.44. The minimum atomic E-state index is -0.919. The molecule has 1 unspecified atom stereocenters. The Hall–Kier alpha value is -3.34. The number of carbonyl (C=O) groups excluding carboxylic acids is 1. The number of halogens is 3. The second-order valence-corrected chi connectivity index (χ2v) is 8.56. The summed E-state index contributed by atoms with van der Waals surface area (Å²) in [6.07, 6.45) is 5.25. The van der Waals surface area contributed by atoms with Gasteiger partial charge < -0.3 is 14.8 Å². The molecule has 0 bridgehead atoms. The maximum Gasteiger partial charge on any atom is 0.168 e. The highest BCUT2D eigenvalue weighted by molar-refractivity contribution is 6.31. The molecule has 1 N–H and O–H groups in total. The van der Waals surface area contributed by atoms with Crippen LogP contribution in [0.5, 0.6) is 11.5 Å². The highest BCUT2D eigenvalue weighted by Gasteiger charge is 2.34. The molecule has 8 nitrogen and oxygen atoms in total. The summed E-state index contributed by atoms with van der Waals surface area (Å²) in [5.41, 5.74) is 0.518. The van der Waals surface area contributed by atoms with Gasteiger partial charge in [-0.15, -0.1) is 0 Å². The van der Waals surface area contributed by atoms with Gasteiger partial charge in [0.1, 0.15) is 35.4 Å². The Bertz CT molecular complexity index is 1270. The predicted molar refractivity (Wildman–Crippen MR) is 129 cm³/mol. The second kappa shape index (κ2) is 10.5. The van der Waals surface area contributed by atoms with Crippen LogP contribution < -0.4 is 14.8 Å². The van der Waals surface area contributed by atoms with E-state index in [2.05, 4.69) is 20.2 Å². The van der Waals surface area contributed by atoms with Crippen molar-refractivity contribution in [1.29, 1.82) is 0 Å². The van der Waals surface area contributed by atoms with Gasteiger partial charge in [0, 0.05) is 24.5 Å². The number of ether oxygens (including phenoxy) is 2. The van der Waals surface area contributed by atoms with Gasteiger partial charge in [0.15, 0.2) is 17.3 Å². The van der Waals surface area contributed by atoms with Crippen LogP contribution >= 0.6 is 11.6 Å². The Labute approximate surface area is 206 Å². The molecule has 11 heteroatoms. The van der Waals surface area contributed by atoms with Crippen molar-refractivity contribution in [2.45, 2.75) is 12.3 Å². The number of hydrogen-bond acceptors (Lipinski definition) is 8. The Morgan fingerprint density at radius 2 is 2.00 bits per heavy atom. The van der Waals surface area contributed by atoms with E-state index in [0.717, 1.165) is 12.4 Å². The fraction of sp³-hybridized carbons (Fsp3) is 0.292. The van der Waals surface area contributed by atoms with Gasteiger partial charge in [-0.3, -0.25) is 14.6 Å². The van der Waals surface area contributed by atoms with E-state index in [1.165, 1.54) is 25.6 Å². The average Bonchev–Trinajstić information content (AvgIpc) is 2.82. The maximum absolute atomic E-state index is 14.5. The first-order chi connectivity index (χ1) is 16.8. The third kappa shape index (κ3) is 5.19. The summed E-state index contributed by atoms with van der Waals surface area (Å²) in [6, 6.07) is 5.74. The van der Waals surface area contributed by atoms with Crippen molar-refractivity contribution in [3.05, 3.63) is 59.4 Å². The molecule has 1 aromatic heterocycles. The molecule has 2 heterocycles. The first-order valence-electron chi connectivity index (χ1n) is 10.7. The lowest BCUT2D eigenvalue weighted by Crippen LogP contribution is -2.60. The SMILES string of the molecule is COc1cc2ncnc(Nc3ccc(F)c(Cl)c3F)c2cc1OC1CN(C(/C=C\C=O)N(C)C)C1. The number of likely N-dealkylation sites (N-methyl/N-ethyl adjacent to an activating group) is 1. The predicted octanol–water partition coefficient (Wildman–Crippen LogP) is 4.02. The first-order valence-corrected chi connectivity index (χ1v) is 11.1. The minimum Gasteiger partial charge on any atom is -0.493 e. The molecule has 1 atom stereocenters. The fourth-order valence-corrected chi connectivity index (χ4v) is 4.03. The van der Waals surface area contributed by atoms with Crippen LogP contribution in [0.2, 0.25) is 5.02 Å². The van der Waals surface area contributed by atoms with Crippen LogP contribution in [-0.4, -0.2) is 72.6 Å². The Morgan fingerprint density at radius 1 is 1.23 bits per heavy atom. The number of aromatic nitrogens is 2. The molecule has 1 fully saturated rings. The number of allylic oxidation sites excluding steroid dienone is 1. The van der Waals surface area contributed by atoms with Crippen LogP contribution in [-0.2, 0) is 4.79 Å². The smallest absolute Gasteiger partial charge is 0.168 e. The van der Waals surface area contributed by atoms with E-state index in [-0.39, 0.29) is 18.0 Å². The molecule has 184 valence electrons. The highest BCUT2D eigenvalue weighted by atomic mass is 35.5. The minimum absolute atomic E-state index is 0.0255. The Morgan fingerprint density at radius 3 is 2.69 bits per heavy atom. The van der Waals surface area contributed by atoms with Gasteiger partial charge in [-0.25, -0.2) is 18.7 Å². The van der Waals surface area contributed by atoms with E-state index in [4.69, 9.17) is 21.1 Å². The molecule has 1 aliphatic heterocycles. The summed E-state index contributed by atoms with van der Waals surface area (Å²) in [4.78, 5) is 23.4. The molecule has 3 aromatic rings. The topological polar surface area (TPSA) is 79.8 Å². The fourth-order valence-electron chi connectivity index (χ4n) is 3.87. The van der Waals surface area contributed by atoms with Crippen molar-refractivity contribution < 1.29 is 23.0 Å². The molecule has 1 aliphatic rings. The number of nitrogens with one attached hydrogen (secondary N) is 1. The standard InChI is InChI=1S/C24H24ClF2N5O3/c1-31(2)21(5-4-8-33)32-11-14(12-32)35-20-9-15-18(10-19(20)34-3)28-13-29-24(15)30-17-7-6-16(26)22(25)23(17)27/h4-10,13-14,21H,11-12H2,1-3H3,(H,28,29,30)/b5-4-. The van der Waals surface area contributed by atoms with E-state index < -0.39 is 16.7 Å². The number of anilines is 2. The lowest BCUT2D eigenvalue weighted by molar-refractivity contribution is -0.104. The molecule has 0 saturated carbocycles. The summed E-state index contributed by atoms with van der Waals surface area (Å²) >= 11 is 5.71. The first kappa shape index (κ1) is 24.8. The summed E-state index contributed by atoms with van der Waals surface area (Å²) in [7, 11) is 5.40. The van der Waals surface area contributed by atoms with Gasteiger partial charge in [-0.05, 0) is 44.4 Å². The van der Waals surface area contributed by atoms with Gasteiger partial charge in [0.2, 0.25) is 0 Å². The normalized spacial score (nSPS) is 15.4. The van der Waals surface area contributed by atoms with E-state index in [1.54, 1.807) is 12.1 Å². The van der Waals surface area contributed by atoms with Crippen LogP contribution in [0, 0.1) is 11.6 Å². The molecule has 0 amide bonds. The van der Waals surface area contributed by atoms with Crippen molar-refractivity contribution in [3.8, 4) is 11.5 Å². The number of benzene rings is 2. The summed E-state index contributed by atoms with van der Waals surface area (Å²) in [5, 5.41) is 2.81. The van der Waals surface area contributed by atoms with E-state index in [0.29, 0.717) is 41.3 Å². The number of hydrogen-bond donors (Lipinski definition) is 1. The number of aldehydes is 1. The van der Waals surface area contributed by atoms with Gasteiger partial charge in [0.05, 0.1) is 24.5 Å². The van der Waals surface area contributed by atoms with Crippen molar-refractivity contribution in [1.82, 2.24) is 19.8 Å². The molecular weight excluding hydrogens is 480 g/mol. The summed E-state index contributed by atoms with van der Waals surface area (Å²) in [5.74, 6) is -0.509. The molecule has 1 saturated heterocycles. The van der Waals surface area contributed by atoms with Crippen molar-refractivity contribution in [2.75, 3.05) is 39.6 Å². The number of likely N-dealkylation sites (tertiary alicyclic amines) is 1. The largest absolute Gasteiger partial charge is 0.493 e. The van der Waals surface area contributed by atoms with Crippen LogP contribution in [0.15, 0.2) is 42.7 Å². The number of carbonyl (C=O) groups is 1. The molecule has 2 aromatic carbocycles. The number of methoxy groups -OCH3 is 1. The Balaban J connectivity index is 1.58. The summed E-state index contributed by atoms with van der Waals surface area (Å²) in [6.45, 7) is 1.28. The number of fused-ring (bicyclic) bond motifs is 1. The van der Waals surface area contributed by atoms with Gasteiger partial charge in [0.25, 0.3) is 0 Å². The summed E-state index contributed by atoms with van der Waals surface area (Å²) < 4.78 is 39.7. The van der Waals surface area contributed by atoms with E-state index in [1.807, 2.05) is 25.1 Å². The molecule has 0 aliphatic carbocycles. The lowest BCUT2D eigenvalue weighted by Gasteiger charge is -2.45. The van der Waals surface area contributed by atoms with Crippen LogP contribution in [0.1, 0.15) is 0 Å². The van der Waals surface area contributed by atoms with E-state index in [9.17, 15) is 13.6 Å². The third-order valence-corrected chi connectivity index (χ3v) is 5.99. The van der Waals surface area contributed by atoms with Gasteiger partial charge >= 0.3 is 0 Å². The molecule has 4 rings (SSSR count). The van der Waals surface area contributed by atoms with Gasteiger partial charge in [-0.2, -0.15) is 0 Å². The highest BCUT2D eigenvalue weighted by Crippen LogP contribution is 2.37. The zero-order chi connectivity index (χ0) is 25.1. The zero-order valence-corrected chi connectivity index (χ0v) is 20.1. The molecular formula is C24H24ClF2N5O3. The molecule has 0 spiro atoms. The monoisotopic (exact) mass is 503 g/mol. The lowest BCUT2D eigenvalue weighted by atomic mass is 10.1. The van der Waals surface area contributed by atoms with Crippen LogP contribution in [0.25, 0.3) is 10.9 Å². The maximum atomic E-state index is 14.5. The van der Waals surface area contributed by atoms with Crippen molar-refractivity contribution >= 4 is 40.3 Å². The number of nitrogens with zero attached hydrogens (tertiary/aromatic N) is 4. The third-order valence-electron chi connectivity index (χ3n) is 5.64. The molecule has 35 heavy (non-hydrogen) atoms. The quantitative estimate of drug-likeness (QED) is 0.266. The van der Waals surface area contributed by atoms with Crippen molar-refractivity contribution in [3.63, 3.8) is 0 Å². The van der Waals surface area contributed by atoms with Gasteiger partial charge in [-0.1, -0.05) is 11.6 Å². The van der Waals surface area contributed by atoms with Crippen LogP contribution in [0.4, 0.5) is 20.3 Å². The van der Waals surface area contributed by atoms with Crippen molar-refractivity contribution in [2.24, 2.45) is 0 Å². The van der Waals surface area contributed by atoms with Crippen LogP contribution in [0.3, 0.4) is 0 Å². The average molecular weight is 504 g/mol. The molecule has 0 radical (unpaired) electrons. The number of rotatable bonds is 9. The van der Waals surface area contributed by atoms with E-state index >= 15 is 0 Å².